The minimum atomic E-state index is -4.73. The molecule has 2 atom stereocenters. The van der Waals surface area contributed by atoms with Gasteiger partial charge in [-0.15, -0.1) is 0 Å². The fourth-order valence-corrected chi connectivity index (χ4v) is 2.88. The van der Waals surface area contributed by atoms with E-state index < -0.39 is 54.9 Å². The van der Waals surface area contributed by atoms with E-state index in [0.717, 1.165) is 6.07 Å². The summed E-state index contributed by atoms with van der Waals surface area (Å²) in [4.78, 5) is 23.2. The number of amides is 2. The summed E-state index contributed by atoms with van der Waals surface area (Å²) in [5.41, 5.74) is -0.158. The Balaban J connectivity index is 2.33. The summed E-state index contributed by atoms with van der Waals surface area (Å²) in [6.45, 7) is -2.13. The number of rotatable bonds is 3. The van der Waals surface area contributed by atoms with Crippen molar-refractivity contribution in [2.24, 2.45) is 0 Å². The number of hydrogen-bond donors (Lipinski definition) is 1. The summed E-state index contributed by atoms with van der Waals surface area (Å²) in [6.07, 6.45) is -6.70. The van der Waals surface area contributed by atoms with Crippen LogP contribution in [0.5, 0.6) is 0 Å². The lowest BCUT2D eigenvalue weighted by molar-refractivity contribution is -0.251. The van der Waals surface area contributed by atoms with Gasteiger partial charge in [-0.2, -0.15) is 13.2 Å². The van der Waals surface area contributed by atoms with E-state index in [4.69, 9.17) is 0 Å². The van der Waals surface area contributed by atoms with Crippen molar-refractivity contribution in [3.63, 3.8) is 0 Å². The second-order valence-corrected chi connectivity index (χ2v) is 5.74. The van der Waals surface area contributed by atoms with Gasteiger partial charge >= 0.3 is 6.18 Å². The second-order valence-electron chi connectivity index (χ2n) is 5.74. The molecular formula is C15H14F5N2O3-. The molecule has 1 fully saturated rings. The highest BCUT2D eigenvalue weighted by atomic mass is 19.4. The molecule has 2 amide bonds. The van der Waals surface area contributed by atoms with Crippen LogP contribution in [0.15, 0.2) is 18.2 Å². The van der Waals surface area contributed by atoms with E-state index in [1.807, 2.05) is 0 Å². The average molecular weight is 365 g/mol. The number of hydrogen-bond acceptors (Lipinski definition) is 3. The number of benzene rings is 1. The Kier molecular flexibility index (Phi) is 5.48. The summed E-state index contributed by atoms with van der Waals surface area (Å²) >= 11 is 0. The van der Waals surface area contributed by atoms with Gasteiger partial charge in [0.2, 0.25) is 5.91 Å². The van der Waals surface area contributed by atoms with Crippen LogP contribution in [0.1, 0.15) is 24.3 Å². The standard InChI is InChI=1S/C15H15F5N2O3/c16-10-3-1-2-9(12(10)17)8-4-5-11(21-14(24)25)13(23)22(6-8)7-15(18,19)20/h1-3,8,11,21H,4-7H2,(H,24,25)/p-1/t8-,11-/m1/s1. The maximum atomic E-state index is 14.0. The van der Waals surface area contributed by atoms with Crippen molar-refractivity contribution in [2.75, 3.05) is 13.1 Å². The third kappa shape index (κ3) is 4.80. The van der Waals surface area contributed by atoms with Crippen LogP contribution < -0.4 is 10.4 Å². The van der Waals surface area contributed by atoms with Crippen LogP contribution in [0, 0.1) is 11.6 Å². The molecule has 0 radical (unpaired) electrons. The van der Waals surface area contributed by atoms with Crippen LogP contribution in [-0.2, 0) is 4.79 Å². The molecule has 0 aromatic heterocycles. The zero-order valence-corrected chi connectivity index (χ0v) is 12.8. The average Bonchev–Trinajstić information content (AvgIpc) is 2.62. The minimum Gasteiger partial charge on any atom is -0.530 e. The van der Waals surface area contributed by atoms with Gasteiger partial charge < -0.3 is 20.1 Å². The summed E-state index contributed by atoms with van der Waals surface area (Å²) < 4.78 is 65.6. The molecule has 138 valence electrons. The molecule has 0 saturated carbocycles. The van der Waals surface area contributed by atoms with Gasteiger partial charge in [-0.3, -0.25) is 4.79 Å². The zero-order valence-electron chi connectivity index (χ0n) is 12.8. The Morgan fingerprint density at radius 1 is 1.28 bits per heavy atom. The number of nitrogens with zero attached hydrogens (tertiary/aromatic N) is 1. The molecule has 1 aromatic rings. The molecule has 1 aliphatic rings. The topological polar surface area (TPSA) is 72.5 Å². The fourth-order valence-electron chi connectivity index (χ4n) is 2.88. The molecular weight excluding hydrogens is 351 g/mol. The number of carbonyl (C=O) groups is 2. The number of carboxylic acid groups (broad SMARTS) is 1. The molecule has 1 aromatic carbocycles. The van der Waals surface area contributed by atoms with Gasteiger partial charge in [-0.1, -0.05) is 12.1 Å². The third-order valence-corrected chi connectivity index (χ3v) is 3.94. The van der Waals surface area contributed by atoms with E-state index in [0.29, 0.717) is 4.90 Å². The molecule has 0 bridgehead atoms. The van der Waals surface area contributed by atoms with Crippen molar-refractivity contribution in [2.45, 2.75) is 31.0 Å². The van der Waals surface area contributed by atoms with Gasteiger partial charge in [0, 0.05) is 12.5 Å². The monoisotopic (exact) mass is 365 g/mol. The summed E-state index contributed by atoms with van der Waals surface area (Å²) in [7, 11) is 0. The lowest BCUT2D eigenvalue weighted by atomic mass is 9.93. The first-order valence-electron chi connectivity index (χ1n) is 7.35. The molecule has 0 unspecified atom stereocenters. The number of likely N-dealkylation sites (tertiary alicyclic amines) is 1. The molecule has 2 rings (SSSR count). The minimum absolute atomic E-state index is 0.00851. The summed E-state index contributed by atoms with van der Waals surface area (Å²) in [6, 6.07) is 1.88. The predicted molar refractivity (Wildman–Crippen MR) is 73.3 cm³/mol. The first-order chi connectivity index (χ1) is 11.6. The highest BCUT2D eigenvalue weighted by Gasteiger charge is 2.39. The highest BCUT2D eigenvalue weighted by Crippen LogP contribution is 2.31. The molecule has 10 heteroatoms. The van der Waals surface area contributed by atoms with Crippen LogP contribution in [0.2, 0.25) is 0 Å². The SMILES string of the molecule is O=C([O-])N[C@@H]1CC[C@@H](c2cccc(F)c2F)CN(CC(F)(F)F)C1=O. The lowest BCUT2D eigenvalue weighted by Crippen LogP contribution is -2.52. The Morgan fingerprint density at radius 3 is 2.56 bits per heavy atom. The second kappa shape index (κ2) is 7.24. The summed E-state index contributed by atoms with van der Waals surface area (Å²) in [5, 5.41) is 12.4. The van der Waals surface area contributed by atoms with Crippen molar-refractivity contribution in [1.29, 1.82) is 0 Å². The lowest BCUT2D eigenvalue weighted by Gasteiger charge is -2.28. The number of alkyl halides is 3. The Morgan fingerprint density at radius 2 is 1.96 bits per heavy atom. The van der Waals surface area contributed by atoms with E-state index in [9.17, 15) is 36.6 Å². The normalized spacial score (nSPS) is 21.8. The molecule has 1 heterocycles. The van der Waals surface area contributed by atoms with Crippen LogP contribution in [0.4, 0.5) is 26.7 Å². The molecule has 1 saturated heterocycles. The predicted octanol–water partition coefficient (Wildman–Crippen LogP) is 1.53. The number of nitrogens with one attached hydrogen (secondary N) is 1. The Labute approximate surface area is 139 Å². The van der Waals surface area contributed by atoms with Crippen molar-refractivity contribution in [3.8, 4) is 0 Å². The van der Waals surface area contributed by atoms with Gasteiger partial charge in [0.1, 0.15) is 18.7 Å². The highest BCUT2D eigenvalue weighted by molar-refractivity contribution is 5.85. The maximum absolute atomic E-state index is 14.0. The molecule has 1 N–H and O–H groups in total. The van der Waals surface area contributed by atoms with Crippen molar-refractivity contribution in [1.82, 2.24) is 10.2 Å². The van der Waals surface area contributed by atoms with Crippen molar-refractivity contribution >= 4 is 12.0 Å². The molecule has 0 spiro atoms. The van der Waals surface area contributed by atoms with Crippen molar-refractivity contribution < 1.29 is 36.6 Å². The van der Waals surface area contributed by atoms with Gasteiger partial charge in [0.25, 0.3) is 0 Å². The maximum Gasteiger partial charge on any atom is 0.406 e. The summed E-state index contributed by atoms with van der Waals surface area (Å²) in [5.74, 6) is -4.34. The third-order valence-electron chi connectivity index (χ3n) is 3.94. The largest absolute Gasteiger partial charge is 0.530 e. The van der Waals surface area contributed by atoms with Crippen LogP contribution >= 0.6 is 0 Å². The van der Waals surface area contributed by atoms with Gasteiger partial charge in [0.15, 0.2) is 11.6 Å². The molecule has 25 heavy (non-hydrogen) atoms. The first kappa shape index (κ1) is 18.9. The van der Waals surface area contributed by atoms with Crippen LogP contribution in [-0.4, -0.2) is 42.2 Å². The molecule has 1 aliphatic heterocycles. The first-order valence-corrected chi connectivity index (χ1v) is 7.35. The van der Waals surface area contributed by atoms with E-state index in [1.165, 1.54) is 12.1 Å². The quantitative estimate of drug-likeness (QED) is 0.826. The smallest absolute Gasteiger partial charge is 0.406 e. The van der Waals surface area contributed by atoms with E-state index >= 15 is 0 Å². The van der Waals surface area contributed by atoms with Crippen molar-refractivity contribution in [3.05, 3.63) is 35.4 Å². The number of halogens is 5. The van der Waals surface area contributed by atoms with Crippen LogP contribution in [0.25, 0.3) is 0 Å². The number of carbonyl (C=O) groups excluding carboxylic acids is 2. The van der Waals surface area contributed by atoms with E-state index in [2.05, 4.69) is 0 Å². The Hall–Kier alpha value is -2.39. The van der Waals surface area contributed by atoms with Gasteiger partial charge in [-0.25, -0.2) is 8.78 Å². The van der Waals surface area contributed by atoms with Gasteiger partial charge in [0.05, 0.1) is 0 Å². The zero-order chi connectivity index (χ0) is 18.8. The van der Waals surface area contributed by atoms with Crippen LogP contribution in [0.3, 0.4) is 0 Å². The van der Waals surface area contributed by atoms with E-state index in [-0.39, 0.29) is 18.4 Å². The van der Waals surface area contributed by atoms with Gasteiger partial charge in [-0.05, 0) is 24.5 Å². The Bertz CT molecular complexity index is 665. The molecule has 0 aliphatic carbocycles. The molecule has 5 nitrogen and oxygen atoms in total. The van der Waals surface area contributed by atoms with E-state index in [1.54, 1.807) is 5.32 Å². The fraction of sp³-hybridized carbons (Fsp3) is 0.467.